The van der Waals surface area contributed by atoms with Gasteiger partial charge < -0.3 is 9.84 Å². The van der Waals surface area contributed by atoms with Gasteiger partial charge in [0.05, 0.1) is 55.8 Å². The van der Waals surface area contributed by atoms with Crippen molar-refractivity contribution in [1.82, 2.24) is 14.4 Å². The molecule has 0 saturated carbocycles. The highest BCUT2D eigenvalue weighted by Gasteiger charge is 2.24. The lowest BCUT2D eigenvalue weighted by molar-refractivity contribution is 0.317. The molecule has 0 atom stereocenters. The summed E-state index contributed by atoms with van der Waals surface area (Å²) in [4.78, 5) is 8.13. The molecule has 74 heavy (non-hydrogen) atoms. The number of nitriles is 1. The van der Waals surface area contributed by atoms with Crippen molar-refractivity contribution in [3.63, 3.8) is 0 Å². The number of aromatic hydroxyl groups is 1. The van der Waals surface area contributed by atoms with Gasteiger partial charge in [-0.2, -0.15) is 44.0 Å². The number of pyridine rings is 1. The zero-order valence-corrected chi connectivity index (χ0v) is 43.4. The second-order valence-electron chi connectivity index (χ2n) is 16.2. The summed E-state index contributed by atoms with van der Waals surface area (Å²) < 4.78 is 141. The molecule has 0 saturated heterocycles. The standard InChI is InChI=1S/C44H38N10O14S6/c1-23-16-33(50-52-39-25(3)29(22-45)42-46-30-8-4-5-9-35(30)54(42)43(39)55)36(68-12-6-14-71(56,57)58)20-31(23)48-51-34-17-24(2)32(21-37(34)69-13-7-15-72(59,60)61)49-53-44-47-40-38(74(65,66)67)18-26-10-11-27(73(62,63)64)19-28(26)41(40)70-44/h4-5,8-11,16-21,55H,6-7,12-15H2,1-3H3,(H,56,57,58)(H,59,60,61)(H,62,63,64)(H,65,66,67). The van der Waals surface area contributed by atoms with E-state index in [2.05, 4.69) is 46.7 Å². The lowest BCUT2D eigenvalue weighted by Crippen LogP contribution is -2.08. The van der Waals surface area contributed by atoms with E-state index in [1.165, 1.54) is 22.6 Å². The Morgan fingerprint density at radius 2 is 1.38 bits per heavy atom. The first-order chi connectivity index (χ1) is 34.8. The number of aryl methyl sites for hydroxylation is 2. The lowest BCUT2D eigenvalue weighted by Gasteiger charge is -2.12. The maximum Gasteiger partial charge on any atom is 0.296 e. The highest BCUT2D eigenvalue weighted by Crippen LogP contribution is 2.44. The van der Waals surface area contributed by atoms with Crippen LogP contribution in [0.5, 0.6) is 11.6 Å². The molecular weight excluding hydrogens is 1080 g/mol. The molecule has 0 bridgehead atoms. The van der Waals surface area contributed by atoms with Crippen LogP contribution in [0.3, 0.4) is 0 Å². The van der Waals surface area contributed by atoms with Gasteiger partial charge in [-0.25, -0.2) is 9.97 Å². The van der Waals surface area contributed by atoms with Crippen LogP contribution in [0.25, 0.3) is 37.7 Å². The van der Waals surface area contributed by atoms with Gasteiger partial charge in [0.2, 0.25) is 11.0 Å². The fraction of sp³-hybridized carbons (Fsp3) is 0.205. The van der Waals surface area contributed by atoms with Crippen molar-refractivity contribution in [2.75, 3.05) is 23.9 Å². The van der Waals surface area contributed by atoms with Crippen molar-refractivity contribution in [3.8, 4) is 17.7 Å². The van der Waals surface area contributed by atoms with Crippen LogP contribution < -0.4 is 4.74 Å². The quantitative estimate of drug-likeness (QED) is 0.0231. The molecular formula is C44H38N10O14S6. The molecule has 8 aromatic rings. The largest absolute Gasteiger partial charge is 0.493 e. The molecule has 0 aliphatic carbocycles. The van der Waals surface area contributed by atoms with E-state index in [4.69, 9.17) is 4.74 Å². The predicted octanol–water partition coefficient (Wildman–Crippen LogP) is 10.5. The Bertz CT molecular complexity index is 4230. The van der Waals surface area contributed by atoms with Crippen LogP contribution >= 0.6 is 23.1 Å². The molecule has 5 aromatic carbocycles. The van der Waals surface area contributed by atoms with Gasteiger partial charge >= 0.3 is 0 Å². The number of nitrogens with zero attached hydrogens (tertiary/aromatic N) is 10. The molecule has 0 fully saturated rings. The van der Waals surface area contributed by atoms with Crippen LogP contribution in [0.15, 0.2) is 118 Å². The Balaban J connectivity index is 1.17. The van der Waals surface area contributed by atoms with Crippen LogP contribution in [0.4, 0.5) is 33.6 Å². The Morgan fingerprint density at radius 1 is 0.730 bits per heavy atom. The number of hydrogen-bond acceptors (Lipinski definition) is 21. The topological polar surface area (TPSA) is 375 Å². The van der Waals surface area contributed by atoms with Crippen LogP contribution in [-0.4, -0.2) is 95.2 Å². The van der Waals surface area contributed by atoms with Gasteiger partial charge in [0.15, 0.2) is 11.3 Å². The maximum atomic E-state index is 12.4. The van der Waals surface area contributed by atoms with Crippen molar-refractivity contribution in [2.45, 2.75) is 48.3 Å². The number of ether oxygens (including phenoxy) is 1. The first-order valence-electron chi connectivity index (χ1n) is 21.3. The number of para-hydroxylation sites is 2. The molecule has 0 aliphatic heterocycles. The van der Waals surface area contributed by atoms with E-state index < -0.39 is 61.8 Å². The monoisotopic (exact) mass is 1120 g/mol. The lowest BCUT2D eigenvalue weighted by atomic mass is 10.1. The van der Waals surface area contributed by atoms with Crippen molar-refractivity contribution in [3.05, 3.63) is 95.1 Å². The molecule has 0 amide bonds. The summed E-state index contributed by atoms with van der Waals surface area (Å²) in [6.07, 6.45) is -0.106. The number of thiazole rings is 1. The molecule has 8 rings (SSSR count). The SMILES string of the molecule is Cc1cc(N=Nc2cc(OCCCS(=O)(=O)O)c(N=Nc3c(C)c(C#N)c4nc5ccccc5n4c3O)cc2C)c(SCCCS(=O)(=O)O)cc1N=Nc1nc2c(S(=O)(=O)O)cc3ccc(S(=O)(=O)O)cc3c2s1. The third-order valence-corrected chi connectivity index (χ3v) is 16.4. The molecule has 0 unspecified atom stereocenters. The summed E-state index contributed by atoms with van der Waals surface area (Å²) in [5.41, 5.74) is 3.16. The molecule has 384 valence electrons. The van der Waals surface area contributed by atoms with E-state index in [1.54, 1.807) is 57.2 Å². The highest BCUT2D eigenvalue weighted by molar-refractivity contribution is 7.99. The maximum absolute atomic E-state index is 12.4. The van der Waals surface area contributed by atoms with Crippen LogP contribution in [0.2, 0.25) is 0 Å². The van der Waals surface area contributed by atoms with Crippen molar-refractivity contribution in [1.29, 1.82) is 5.26 Å². The summed E-state index contributed by atoms with van der Waals surface area (Å²) in [5.74, 6) is -1.31. The van der Waals surface area contributed by atoms with E-state index in [0.29, 0.717) is 27.1 Å². The number of imidazole rings is 1. The van der Waals surface area contributed by atoms with E-state index in [1.807, 2.05) is 0 Å². The number of aromatic nitrogens is 3. The second-order valence-corrected chi connectivity index (χ2v) is 24.3. The smallest absolute Gasteiger partial charge is 0.296 e. The molecule has 3 aromatic heterocycles. The van der Waals surface area contributed by atoms with Crippen molar-refractivity contribution in [2.24, 2.45) is 30.7 Å². The average Bonchev–Trinajstić information content (AvgIpc) is 3.93. The first kappa shape index (κ1) is 53.4. The minimum absolute atomic E-state index is 0.0230. The van der Waals surface area contributed by atoms with E-state index >= 15 is 0 Å². The Morgan fingerprint density at radius 3 is 2.07 bits per heavy atom. The van der Waals surface area contributed by atoms with E-state index in [0.717, 1.165) is 41.3 Å². The number of hydrogen-bond donors (Lipinski definition) is 5. The number of fused-ring (bicyclic) bond motifs is 6. The van der Waals surface area contributed by atoms with Gasteiger partial charge in [0.1, 0.15) is 33.5 Å². The number of azo groups is 3. The number of benzene rings is 5. The third kappa shape index (κ3) is 11.9. The fourth-order valence-corrected chi connectivity index (χ4v) is 11.7. The predicted molar refractivity (Wildman–Crippen MR) is 274 cm³/mol. The minimum Gasteiger partial charge on any atom is -0.493 e. The average molecular weight is 1120 g/mol. The molecule has 24 nitrogen and oxygen atoms in total. The second kappa shape index (κ2) is 20.8. The summed E-state index contributed by atoms with van der Waals surface area (Å²) in [6, 6.07) is 19.8. The molecule has 5 N–H and O–H groups in total. The number of rotatable bonds is 18. The highest BCUT2D eigenvalue weighted by atomic mass is 32.2. The molecule has 30 heteroatoms. The normalized spacial score (nSPS) is 12.9. The zero-order chi connectivity index (χ0) is 53.5. The van der Waals surface area contributed by atoms with Crippen LogP contribution in [0.1, 0.15) is 35.1 Å². The van der Waals surface area contributed by atoms with Gasteiger partial charge in [0.25, 0.3) is 40.5 Å². The Kier molecular flexibility index (Phi) is 15.0. The van der Waals surface area contributed by atoms with Crippen LogP contribution in [0, 0.1) is 32.1 Å². The van der Waals surface area contributed by atoms with Crippen LogP contribution in [-0.2, 0) is 40.5 Å². The van der Waals surface area contributed by atoms with Gasteiger partial charge in [0, 0.05) is 21.9 Å². The third-order valence-electron chi connectivity index (χ3n) is 11.0. The zero-order valence-electron chi connectivity index (χ0n) is 38.5. The summed E-state index contributed by atoms with van der Waals surface area (Å²) in [5, 5.41) is 48.2. The molecule has 0 radical (unpaired) electrons. The first-order valence-corrected chi connectivity index (χ1v) is 29.2. The van der Waals surface area contributed by atoms with E-state index in [9.17, 15) is 62.3 Å². The van der Waals surface area contributed by atoms with E-state index in [-0.39, 0.29) is 108 Å². The molecule has 0 spiro atoms. The Labute approximate surface area is 429 Å². The summed E-state index contributed by atoms with van der Waals surface area (Å²) in [6.45, 7) is 4.69. The molecule has 0 aliphatic rings. The van der Waals surface area contributed by atoms with Gasteiger partial charge in [-0.05, 0) is 104 Å². The molecule has 3 heterocycles. The fourth-order valence-electron chi connectivity index (χ4n) is 7.43. The van der Waals surface area contributed by atoms with Gasteiger partial charge in [-0.15, -0.1) is 37.3 Å². The Hall–Kier alpha value is -6.92. The summed E-state index contributed by atoms with van der Waals surface area (Å²) in [7, 11) is -18.1. The summed E-state index contributed by atoms with van der Waals surface area (Å²) >= 11 is 1.96. The van der Waals surface area contributed by atoms with Crippen molar-refractivity contribution >= 4 is 135 Å². The van der Waals surface area contributed by atoms with Gasteiger partial charge in [-0.1, -0.05) is 29.5 Å². The number of thioether (sulfide) groups is 1. The van der Waals surface area contributed by atoms with Crippen molar-refractivity contribution < 1.29 is 61.7 Å². The van der Waals surface area contributed by atoms with Gasteiger partial charge in [-0.3, -0.25) is 22.6 Å². The minimum atomic E-state index is -4.86.